The van der Waals surface area contributed by atoms with E-state index in [2.05, 4.69) is 22.0 Å². The average Bonchev–Trinajstić information content (AvgIpc) is 2.83. The van der Waals surface area contributed by atoms with Gasteiger partial charge in [-0.15, -0.1) is 11.3 Å². The Bertz CT molecular complexity index is 593. The Morgan fingerprint density at radius 1 is 1.28 bits per heavy atom. The zero-order valence-corrected chi connectivity index (χ0v) is 12.1. The normalized spacial score (nSPS) is 14.4. The van der Waals surface area contributed by atoms with Crippen LogP contribution < -0.4 is 4.90 Å². The Morgan fingerprint density at radius 3 is 2.89 bits per heavy atom. The number of nitrogens with zero attached hydrogens (tertiary/aromatic N) is 1. The van der Waals surface area contributed by atoms with Crippen LogP contribution in [0.1, 0.15) is 21.7 Å². The number of amides is 1. The van der Waals surface area contributed by atoms with Crippen LogP contribution in [0.3, 0.4) is 0 Å². The van der Waals surface area contributed by atoms with Gasteiger partial charge in [0.25, 0.3) is 5.91 Å². The van der Waals surface area contributed by atoms with Gasteiger partial charge in [0.15, 0.2) is 0 Å². The van der Waals surface area contributed by atoms with E-state index in [4.69, 9.17) is 0 Å². The summed E-state index contributed by atoms with van der Waals surface area (Å²) in [5.74, 6) is 0.101. The molecular formula is C14H12BrNOS. The fraction of sp³-hybridized carbons (Fsp3) is 0.214. The van der Waals surface area contributed by atoms with Crippen LogP contribution >= 0.6 is 27.3 Å². The summed E-state index contributed by atoms with van der Waals surface area (Å²) in [5, 5.41) is 1.94. The number of fused-ring (bicyclic) bond motifs is 1. The number of rotatable bonds is 1. The molecule has 0 unspecified atom stereocenters. The molecule has 92 valence electrons. The summed E-state index contributed by atoms with van der Waals surface area (Å²) >= 11 is 4.92. The number of benzene rings is 1. The standard InChI is InChI=1S/C14H12BrNOS/c15-11-7-9-18-13(11)14(17)16-8-3-5-10-4-1-2-6-12(10)16/h1-2,4,6-7,9H,3,5,8H2. The Labute approximate surface area is 118 Å². The van der Waals surface area contributed by atoms with E-state index in [1.807, 2.05) is 34.5 Å². The SMILES string of the molecule is O=C(c1sccc1Br)N1CCCc2ccccc21. The number of para-hydroxylation sites is 1. The minimum atomic E-state index is 0.101. The van der Waals surface area contributed by atoms with Crippen LogP contribution in [-0.4, -0.2) is 12.5 Å². The molecule has 0 spiro atoms. The molecule has 1 amide bonds. The van der Waals surface area contributed by atoms with Crippen molar-refractivity contribution in [3.8, 4) is 0 Å². The third-order valence-electron chi connectivity index (χ3n) is 3.17. The molecule has 0 fully saturated rings. The van der Waals surface area contributed by atoms with Crippen LogP contribution in [0.4, 0.5) is 5.69 Å². The van der Waals surface area contributed by atoms with Crippen molar-refractivity contribution in [2.75, 3.05) is 11.4 Å². The van der Waals surface area contributed by atoms with Gasteiger partial charge in [-0.3, -0.25) is 4.79 Å². The molecule has 1 aliphatic rings. The maximum Gasteiger partial charge on any atom is 0.269 e. The molecule has 0 N–H and O–H groups in total. The quantitative estimate of drug-likeness (QED) is 0.774. The van der Waals surface area contributed by atoms with E-state index in [1.54, 1.807) is 0 Å². The maximum absolute atomic E-state index is 12.6. The van der Waals surface area contributed by atoms with Gasteiger partial charge in [-0.1, -0.05) is 18.2 Å². The molecule has 0 atom stereocenters. The molecule has 0 radical (unpaired) electrons. The monoisotopic (exact) mass is 321 g/mol. The van der Waals surface area contributed by atoms with Gasteiger partial charge in [-0.05, 0) is 51.8 Å². The molecule has 0 bridgehead atoms. The molecule has 2 heterocycles. The van der Waals surface area contributed by atoms with Crippen molar-refractivity contribution in [3.63, 3.8) is 0 Å². The predicted octanol–water partition coefficient (Wildman–Crippen LogP) is 4.10. The smallest absolute Gasteiger partial charge is 0.269 e. The van der Waals surface area contributed by atoms with Gasteiger partial charge in [0.05, 0.1) is 0 Å². The summed E-state index contributed by atoms with van der Waals surface area (Å²) < 4.78 is 0.889. The molecule has 1 aliphatic heterocycles. The lowest BCUT2D eigenvalue weighted by molar-refractivity contribution is 0.0988. The first-order valence-corrected chi connectivity index (χ1v) is 7.57. The van der Waals surface area contributed by atoms with Crippen LogP contribution in [-0.2, 0) is 6.42 Å². The molecule has 3 rings (SSSR count). The highest BCUT2D eigenvalue weighted by Gasteiger charge is 2.25. The first kappa shape index (κ1) is 11.9. The number of hydrogen-bond donors (Lipinski definition) is 0. The van der Waals surface area contributed by atoms with Gasteiger partial charge in [-0.25, -0.2) is 0 Å². The average molecular weight is 322 g/mol. The summed E-state index contributed by atoms with van der Waals surface area (Å²) in [5.41, 5.74) is 2.33. The maximum atomic E-state index is 12.6. The van der Waals surface area contributed by atoms with Crippen molar-refractivity contribution in [2.24, 2.45) is 0 Å². The molecule has 2 aromatic rings. The molecule has 18 heavy (non-hydrogen) atoms. The summed E-state index contributed by atoms with van der Waals surface area (Å²) in [6.45, 7) is 0.806. The fourth-order valence-electron chi connectivity index (χ4n) is 2.31. The van der Waals surface area contributed by atoms with Crippen molar-refractivity contribution < 1.29 is 4.79 Å². The molecular weight excluding hydrogens is 310 g/mol. The zero-order valence-electron chi connectivity index (χ0n) is 9.73. The fourth-order valence-corrected chi connectivity index (χ4v) is 3.80. The van der Waals surface area contributed by atoms with Crippen LogP contribution in [0, 0.1) is 0 Å². The highest BCUT2D eigenvalue weighted by molar-refractivity contribution is 9.10. The summed E-state index contributed by atoms with van der Waals surface area (Å²) in [4.78, 5) is 15.2. The third-order valence-corrected chi connectivity index (χ3v) is 4.99. The second-order valence-corrected chi connectivity index (χ2v) is 6.06. The highest BCUT2D eigenvalue weighted by Crippen LogP contribution is 2.31. The van der Waals surface area contributed by atoms with Gasteiger partial charge in [0, 0.05) is 16.7 Å². The van der Waals surface area contributed by atoms with Gasteiger partial charge < -0.3 is 4.90 Å². The van der Waals surface area contributed by atoms with Gasteiger partial charge >= 0.3 is 0 Å². The largest absolute Gasteiger partial charge is 0.307 e. The van der Waals surface area contributed by atoms with Gasteiger partial charge in [0.2, 0.25) is 0 Å². The Kier molecular flexibility index (Phi) is 3.22. The van der Waals surface area contributed by atoms with Crippen molar-refractivity contribution in [3.05, 3.63) is 50.6 Å². The lowest BCUT2D eigenvalue weighted by atomic mass is 10.0. The number of carbonyl (C=O) groups excluding carboxylic acids is 1. The van der Waals surface area contributed by atoms with Crippen molar-refractivity contribution >= 4 is 38.9 Å². The van der Waals surface area contributed by atoms with Crippen LogP contribution in [0.25, 0.3) is 0 Å². The summed E-state index contributed by atoms with van der Waals surface area (Å²) in [6, 6.07) is 10.1. The summed E-state index contributed by atoms with van der Waals surface area (Å²) in [7, 11) is 0. The first-order valence-electron chi connectivity index (χ1n) is 5.90. The van der Waals surface area contributed by atoms with Gasteiger partial charge in [-0.2, -0.15) is 0 Å². The molecule has 0 saturated carbocycles. The minimum Gasteiger partial charge on any atom is -0.307 e. The summed E-state index contributed by atoms with van der Waals surface area (Å²) in [6.07, 6.45) is 2.09. The molecule has 0 saturated heterocycles. The van der Waals surface area contributed by atoms with Crippen LogP contribution in [0.15, 0.2) is 40.2 Å². The topological polar surface area (TPSA) is 20.3 Å². The lowest BCUT2D eigenvalue weighted by Crippen LogP contribution is -2.35. The number of anilines is 1. The Balaban J connectivity index is 2.00. The van der Waals surface area contributed by atoms with E-state index >= 15 is 0 Å². The highest BCUT2D eigenvalue weighted by atomic mass is 79.9. The Morgan fingerprint density at radius 2 is 2.11 bits per heavy atom. The molecule has 1 aromatic carbocycles. The number of thiophene rings is 1. The Hall–Kier alpha value is -1.13. The minimum absolute atomic E-state index is 0.101. The predicted molar refractivity (Wildman–Crippen MR) is 78.5 cm³/mol. The van der Waals surface area contributed by atoms with E-state index in [1.165, 1.54) is 16.9 Å². The zero-order chi connectivity index (χ0) is 12.5. The number of carbonyl (C=O) groups is 1. The van der Waals surface area contributed by atoms with E-state index in [0.29, 0.717) is 0 Å². The number of halogens is 1. The third kappa shape index (κ3) is 1.99. The lowest BCUT2D eigenvalue weighted by Gasteiger charge is -2.29. The van der Waals surface area contributed by atoms with Crippen molar-refractivity contribution in [1.82, 2.24) is 0 Å². The molecule has 2 nitrogen and oxygen atoms in total. The van der Waals surface area contributed by atoms with Crippen molar-refractivity contribution in [1.29, 1.82) is 0 Å². The van der Waals surface area contributed by atoms with E-state index < -0.39 is 0 Å². The van der Waals surface area contributed by atoms with E-state index in [9.17, 15) is 4.79 Å². The molecule has 1 aromatic heterocycles. The number of aryl methyl sites for hydroxylation is 1. The van der Waals surface area contributed by atoms with E-state index in [0.717, 1.165) is 34.4 Å². The van der Waals surface area contributed by atoms with Crippen molar-refractivity contribution in [2.45, 2.75) is 12.8 Å². The van der Waals surface area contributed by atoms with E-state index in [-0.39, 0.29) is 5.91 Å². The van der Waals surface area contributed by atoms with Crippen LogP contribution in [0.5, 0.6) is 0 Å². The molecule has 4 heteroatoms. The number of hydrogen-bond acceptors (Lipinski definition) is 2. The van der Waals surface area contributed by atoms with Crippen LogP contribution in [0.2, 0.25) is 0 Å². The first-order chi connectivity index (χ1) is 8.77. The second-order valence-electron chi connectivity index (χ2n) is 4.29. The molecule has 0 aliphatic carbocycles. The second kappa shape index (κ2) is 4.86. The van der Waals surface area contributed by atoms with Gasteiger partial charge in [0.1, 0.15) is 4.88 Å².